The van der Waals surface area contributed by atoms with Crippen LogP contribution in [0, 0.1) is 0 Å². The number of nitrogens with two attached hydrogens (primary N) is 1. The Bertz CT molecular complexity index is 583. The molecule has 0 radical (unpaired) electrons. The fourth-order valence-corrected chi connectivity index (χ4v) is 2.65. The lowest BCUT2D eigenvalue weighted by molar-refractivity contribution is 0.294. The molecule has 3 heteroatoms. The molecule has 0 bridgehead atoms. The second-order valence-corrected chi connectivity index (χ2v) is 5.27. The Balaban J connectivity index is 1.99. The molecular formula is C19H25NO2. The van der Waals surface area contributed by atoms with Gasteiger partial charge < -0.3 is 15.2 Å². The van der Waals surface area contributed by atoms with Crippen molar-refractivity contribution in [1.29, 1.82) is 0 Å². The van der Waals surface area contributed by atoms with Crippen LogP contribution < -0.4 is 15.2 Å². The third-order valence-electron chi connectivity index (χ3n) is 3.94. The molecule has 0 aliphatic carbocycles. The van der Waals surface area contributed by atoms with Gasteiger partial charge in [-0.25, -0.2) is 0 Å². The predicted octanol–water partition coefficient (Wildman–Crippen LogP) is 3.77. The molecule has 0 aliphatic rings. The SMILES string of the molecule is CCc1ccccc1OCCC(CN)c1ccccc1OC. The quantitative estimate of drug-likeness (QED) is 0.807. The largest absolute Gasteiger partial charge is 0.496 e. The van der Waals surface area contributed by atoms with Crippen LogP contribution in [0.5, 0.6) is 11.5 Å². The van der Waals surface area contributed by atoms with Crippen LogP contribution in [-0.4, -0.2) is 20.3 Å². The van der Waals surface area contributed by atoms with Gasteiger partial charge in [-0.15, -0.1) is 0 Å². The first kappa shape index (κ1) is 16.4. The number of rotatable bonds is 8. The monoisotopic (exact) mass is 299 g/mol. The highest BCUT2D eigenvalue weighted by atomic mass is 16.5. The molecule has 0 saturated carbocycles. The second kappa shape index (κ2) is 8.44. The van der Waals surface area contributed by atoms with Crippen LogP contribution in [0.25, 0.3) is 0 Å². The fraction of sp³-hybridized carbons (Fsp3) is 0.368. The Morgan fingerprint density at radius 2 is 1.68 bits per heavy atom. The predicted molar refractivity (Wildman–Crippen MR) is 90.7 cm³/mol. The zero-order valence-electron chi connectivity index (χ0n) is 13.4. The molecule has 0 fully saturated rings. The Hall–Kier alpha value is -2.00. The maximum absolute atomic E-state index is 5.96. The van der Waals surface area contributed by atoms with Crippen molar-refractivity contribution in [3.63, 3.8) is 0 Å². The number of para-hydroxylation sites is 2. The summed E-state index contributed by atoms with van der Waals surface area (Å²) in [6.45, 7) is 3.37. The molecule has 2 aromatic carbocycles. The summed E-state index contributed by atoms with van der Waals surface area (Å²) in [5.74, 6) is 2.11. The van der Waals surface area contributed by atoms with Crippen LogP contribution in [0.15, 0.2) is 48.5 Å². The van der Waals surface area contributed by atoms with Crippen LogP contribution >= 0.6 is 0 Å². The number of ether oxygens (including phenoxy) is 2. The molecule has 0 spiro atoms. The van der Waals surface area contributed by atoms with E-state index in [1.54, 1.807) is 7.11 Å². The molecule has 0 saturated heterocycles. The van der Waals surface area contributed by atoms with Gasteiger partial charge in [0.05, 0.1) is 13.7 Å². The lowest BCUT2D eigenvalue weighted by Gasteiger charge is -2.19. The Morgan fingerprint density at radius 1 is 1.00 bits per heavy atom. The van der Waals surface area contributed by atoms with Crippen molar-refractivity contribution in [3.05, 3.63) is 59.7 Å². The highest BCUT2D eigenvalue weighted by molar-refractivity contribution is 5.36. The standard InChI is InChI=1S/C19H25NO2/c1-3-15-8-4-6-10-18(15)22-13-12-16(14-20)17-9-5-7-11-19(17)21-2/h4-11,16H,3,12-14,20H2,1-2H3. The van der Waals surface area contributed by atoms with Crippen molar-refractivity contribution >= 4 is 0 Å². The van der Waals surface area contributed by atoms with E-state index in [4.69, 9.17) is 15.2 Å². The van der Waals surface area contributed by atoms with Gasteiger partial charge in [0.25, 0.3) is 0 Å². The first-order valence-corrected chi connectivity index (χ1v) is 7.83. The third kappa shape index (κ3) is 4.01. The van der Waals surface area contributed by atoms with E-state index in [0.717, 1.165) is 29.9 Å². The molecule has 1 atom stereocenters. The van der Waals surface area contributed by atoms with E-state index < -0.39 is 0 Å². The maximum Gasteiger partial charge on any atom is 0.122 e. The zero-order valence-corrected chi connectivity index (χ0v) is 13.4. The molecule has 2 N–H and O–H groups in total. The summed E-state index contributed by atoms with van der Waals surface area (Å²) in [5, 5.41) is 0. The van der Waals surface area contributed by atoms with Gasteiger partial charge in [0.15, 0.2) is 0 Å². The van der Waals surface area contributed by atoms with Crippen molar-refractivity contribution in [1.82, 2.24) is 0 Å². The molecule has 0 aromatic heterocycles. The van der Waals surface area contributed by atoms with E-state index in [9.17, 15) is 0 Å². The van der Waals surface area contributed by atoms with Crippen LogP contribution in [0.3, 0.4) is 0 Å². The van der Waals surface area contributed by atoms with E-state index >= 15 is 0 Å². The van der Waals surface area contributed by atoms with E-state index in [2.05, 4.69) is 19.1 Å². The van der Waals surface area contributed by atoms with Gasteiger partial charge in [-0.2, -0.15) is 0 Å². The molecular weight excluding hydrogens is 274 g/mol. The van der Waals surface area contributed by atoms with Crippen molar-refractivity contribution in [3.8, 4) is 11.5 Å². The van der Waals surface area contributed by atoms with Crippen LogP contribution in [0.1, 0.15) is 30.4 Å². The number of methoxy groups -OCH3 is 1. The molecule has 22 heavy (non-hydrogen) atoms. The van der Waals surface area contributed by atoms with Gasteiger partial charge in [0, 0.05) is 5.92 Å². The first-order chi connectivity index (χ1) is 10.8. The molecule has 0 aliphatic heterocycles. The van der Waals surface area contributed by atoms with Crippen molar-refractivity contribution in [2.75, 3.05) is 20.3 Å². The lowest BCUT2D eigenvalue weighted by Crippen LogP contribution is -2.16. The fourth-order valence-electron chi connectivity index (χ4n) is 2.65. The summed E-state index contributed by atoms with van der Waals surface area (Å²) in [7, 11) is 1.69. The molecule has 1 unspecified atom stereocenters. The highest BCUT2D eigenvalue weighted by Gasteiger charge is 2.14. The average Bonchev–Trinajstić information content (AvgIpc) is 2.59. The van der Waals surface area contributed by atoms with Crippen molar-refractivity contribution in [2.24, 2.45) is 5.73 Å². The smallest absolute Gasteiger partial charge is 0.122 e. The summed E-state index contributed by atoms with van der Waals surface area (Å²) >= 11 is 0. The molecule has 3 nitrogen and oxygen atoms in total. The van der Waals surface area contributed by atoms with Gasteiger partial charge in [0.1, 0.15) is 11.5 Å². The van der Waals surface area contributed by atoms with Gasteiger partial charge in [-0.05, 0) is 42.6 Å². The molecule has 2 rings (SSSR count). The Labute approximate surface area is 133 Å². The average molecular weight is 299 g/mol. The van der Waals surface area contributed by atoms with Gasteiger partial charge in [0.2, 0.25) is 0 Å². The van der Waals surface area contributed by atoms with Gasteiger partial charge in [-0.3, -0.25) is 0 Å². The molecule has 0 heterocycles. The Kier molecular flexibility index (Phi) is 6.28. The summed E-state index contributed by atoms with van der Waals surface area (Å²) in [5.41, 5.74) is 8.35. The number of hydrogen-bond acceptors (Lipinski definition) is 3. The first-order valence-electron chi connectivity index (χ1n) is 7.83. The summed E-state index contributed by atoms with van der Waals surface area (Å²) in [6.07, 6.45) is 1.85. The third-order valence-corrected chi connectivity index (χ3v) is 3.94. The Morgan fingerprint density at radius 3 is 2.36 bits per heavy atom. The van der Waals surface area contributed by atoms with E-state index in [-0.39, 0.29) is 5.92 Å². The van der Waals surface area contributed by atoms with Crippen LogP contribution in [0.2, 0.25) is 0 Å². The van der Waals surface area contributed by atoms with E-state index in [1.807, 2.05) is 36.4 Å². The van der Waals surface area contributed by atoms with Crippen LogP contribution in [0.4, 0.5) is 0 Å². The zero-order chi connectivity index (χ0) is 15.8. The minimum absolute atomic E-state index is 0.241. The summed E-state index contributed by atoms with van der Waals surface area (Å²) in [4.78, 5) is 0. The summed E-state index contributed by atoms with van der Waals surface area (Å²) < 4.78 is 11.4. The highest BCUT2D eigenvalue weighted by Crippen LogP contribution is 2.28. The van der Waals surface area contributed by atoms with Gasteiger partial charge >= 0.3 is 0 Å². The summed E-state index contributed by atoms with van der Waals surface area (Å²) in [6, 6.07) is 16.2. The molecule has 118 valence electrons. The normalized spacial score (nSPS) is 12.0. The number of aryl methyl sites for hydroxylation is 1. The van der Waals surface area contributed by atoms with E-state index in [1.165, 1.54) is 5.56 Å². The lowest BCUT2D eigenvalue weighted by atomic mass is 9.95. The topological polar surface area (TPSA) is 44.5 Å². The van der Waals surface area contributed by atoms with Crippen molar-refractivity contribution < 1.29 is 9.47 Å². The minimum atomic E-state index is 0.241. The molecule has 0 amide bonds. The number of benzene rings is 2. The number of hydrogen-bond donors (Lipinski definition) is 1. The molecule has 2 aromatic rings. The van der Waals surface area contributed by atoms with Crippen molar-refractivity contribution in [2.45, 2.75) is 25.7 Å². The van der Waals surface area contributed by atoms with Gasteiger partial charge in [-0.1, -0.05) is 43.3 Å². The maximum atomic E-state index is 5.96. The second-order valence-electron chi connectivity index (χ2n) is 5.27. The van der Waals surface area contributed by atoms with E-state index in [0.29, 0.717) is 13.2 Å². The minimum Gasteiger partial charge on any atom is -0.496 e. The van der Waals surface area contributed by atoms with Crippen LogP contribution in [-0.2, 0) is 6.42 Å².